The van der Waals surface area contributed by atoms with Crippen molar-refractivity contribution in [2.75, 3.05) is 0 Å². The summed E-state index contributed by atoms with van der Waals surface area (Å²) in [4.78, 5) is 12.7. The number of aromatic nitrogens is 4. The molecule has 0 amide bonds. The fraction of sp³-hybridized carbons (Fsp3) is 0.417. The molecule has 17 heavy (non-hydrogen) atoms. The van der Waals surface area contributed by atoms with Crippen LogP contribution in [0.2, 0.25) is 0 Å². The van der Waals surface area contributed by atoms with Gasteiger partial charge in [-0.05, 0) is 12.5 Å². The molecule has 0 aromatic carbocycles. The molecular formula is C12H17N5. The van der Waals surface area contributed by atoms with Crippen molar-refractivity contribution in [2.45, 2.75) is 32.4 Å². The molecule has 0 aliphatic heterocycles. The van der Waals surface area contributed by atoms with Crippen LogP contribution in [-0.4, -0.2) is 25.6 Å². The van der Waals surface area contributed by atoms with Crippen LogP contribution in [0, 0.1) is 0 Å². The minimum absolute atomic E-state index is 0.186. The van der Waals surface area contributed by atoms with Crippen LogP contribution in [0.3, 0.4) is 0 Å². The standard InChI is InChI=1S/C12H17N5/c1-2-10(13)6-11-7-17(9-16-11)8-12-14-4-3-5-15-12/h3-5,7,9-10H,2,6,8,13H2,1H3. The summed E-state index contributed by atoms with van der Waals surface area (Å²) in [6.45, 7) is 2.73. The van der Waals surface area contributed by atoms with Crippen LogP contribution in [0.25, 0.3) is 0 Å². The van der Waals surface area contributed by atoms with Gasteiger partial charge in [-0.2, -0.15) is 0 Å². The van der Waals surface area contributed by atoms with Gasteiger partial charge in [-0.3, -0.25) is 0 Å². The van der Waals surface area contributed by atoms with Crippen molar-refractivity contribution in [3.63, 3.8) is 0 Å². The molecule has 2 heterocycles. The van der Waals surface area contributed by atoms with Crippen LogP contribution in [0.15, 0.2) is 31.0 Å². The first-order chi connectivity index (χ1) is 8.28. The minimum Gasteiger partial charge on any atom is -0.330 e. The second-order valence-electron chi connectivity index (χ2n) is 4.07. The molecule has 5 nitrogen and oxygen atoms in total. The fourth-order valence-corrected chi connectivity index (χ4v) is 1.59. The molecule has 0 saturated carbocycles. The Balaban J connectivity index is 1.99. The second kappa shape index (κ2) is 5.54. The summed E-state index contributed by atoms with van der Waals surface area (Å²) >= 11 is 0. The molecule has 0 bridgehead atoms. The zero-order valence-electron chi connectivity index (χ0n) is 9.95. The zero-order valence-corrected chi connectivity index (χ0v) is 9.95. The topological polar surface area (TPSA) is 69.6 Å². The summed E-state index contributed by atoms with van der Waals surface area (Å²) in [5.74, 6) is 0.788. The molecular weight excluding hydrogens is 214 g/mol. The number of hydrogen-bond donors (Lipinski definition) is 1. The van der Waals surface area contributed by atoms with Gasteiger partial charge >= 0.3 is 0 Å². The lowest BCUT2D eigenvalue weighted by Crippen LogP contribution is -2.21. The Bertz CT molecular complexity index is 451. The predicted octanol–water partition coefficient (Wildman–Crippen LogP) is 1.00. The Labute approximate surface area is 101 Å². The van der Waals surface area contributed by atoms with Gasteiger partial charge in [0.1, 0.15) is 5.82 Å². The van der Waals surface area contributed by atoms with Crippen molar-refractivity contribution in [1.82, 2.24) is 19.5 Å². The van der Waals surface area contributed by atoms with Crippen LogP contribution >= 0.6 is 0 Å². The quantitative estimate of drug-likeness (QED) is 0.833. The fourth-order valence-electron chi connectivity index (χ4n) is 1.59. The molecule has 2 aromatic heterocycles. The first-order valence-corrected chi connectivity index (χ1v) is 5.80. The maximum atomic E-state index is 5.89. The van der Waals surface area contributed by atoms with Crippen LogP contribution in [0.5, 0.6) is 0 Å². The number of nitrogens with zero attached hydrogens (tertiary/aromatic N) is 4. The van der Waals surface area contributed by atoms with E-state index in [-0.39, 0.29) is 6.04 Å². The van der Waals surface area contributed by atoms with Gasteiger partial charge in [-0.15, -0.1) is 0 Å². The molecule has 0 spiro atoms. The maximum absolute atomic E-state index is 5.89. The van der Waals surface area contributed by atoms with E-state index in [0.717, 1.165) is 24.4 Å². The van der Waals surface area contributed by atoms with Crippen LogP contribution in [0.4, 0.5) is 0 Å². The van der Waals surface area contributed by atoms with Crippen LogP contribution < -0.4 is 5.73 Å². The molecule has 0 radical (unpaired) electrons. The van der Waals surface area contributed by atoms with Crippen LogP contribution in [-0.2, 0) is 13.0 Å². The Morgan fingerprint density at radius 1 is 1.29 bits per heavy atom. The molecule has 90 valence electrons. The molecule has 2 rings (SSSR count). The van der Waals surface area contributed by atoms with Gasteiger partial charge in [0.05, 0.1) is 18.6 Å². The van der Waals surface area contributed by atoms with Crippen molar-refractivity contribution >= 4 is 0 Å². The zero-order chi connectivity index (χ0) is 12.1. The van der Waals surface area contributed by atoms with E-state index in [1.807, 2.05) is 16.8 Å². The lowest BCUT2D eigenvalue weighted by molar-refractivity contribution is 0.637. The van der Waals surface area contributed by atoms with E-state index < -0.39 is 0 Å². The number of nitrogens with two attached hydrogens (primary N) is 1. The monoisotopic (exact) mass is 231 g/mol. The van der Waals surface area contributed by atoms with Gasteiger partial charge in [-0.25, -0.2) is 15.0 Å². The average Bonchev–Trinajstić information content (AvgIpc) is 2.77. The van der Waals surface area contributed by atoms with Crippen LogP contribution in [0.1, 0.15) is 24.9 Å². The van der Waals surface area contributed by atoms with Gasteiger partial charge in [0.25, 0.3) is 0 Å². The van der Waals surface area contributed by atoms with Crippen molar-refractivity contribution in [3.05, 3.63) is 42.5 Å². The summed E-state index contributed by atoms with van der Waals surface area (Å²) < 4.78 is 1.98. The van der Waals surface area contributed by atoms with Gasteiger partial charge in [0.15, 0.2) is 0 Å². The molecule has 1 unspecified atom stereocenters. The molecule has 0 saturated heterocycles. The molecule has 0 fully saturated rings. The highest BCUT2D eigenvalue weighted by Crippen LogP contribution is 2.03. The van der Waals surface area contributed by atoms with E-state index >= 15 is 0 Å². The highest BCUT2D eigenvalue weighted by molar-refractivity contribution is 5.01. The van der Waals surface area contributed by atoms with E-state index in [0.29, 0.717) is 6.54 Å². The number of hydrogen-bond acceptors (Lipinski definition) is 4. The van der Waals surface area contributed by atoms with Crippen molar-refractivity contribution in [1.29, 1.82) is 0 Å². The third-order valence-electron chi connectivity index (χ3n) is 2.63. The Morgan fingerprint density at radius 2 is 2.06 bits per heavy atom. The third kappa shape index (κ3) is 3.35. The Hall–Kier alpha value is -1.75. The summed E-state index contributed by atoms with van der Waals surface area (Å²) in [7, 11) is 0. The molecule has 2 N–H and O–H groups in total. The first kappa shape index (κ1) is 11.7. The summed E-state index contributed by atoms with van der Waals surface area (Å²) in [6.07, 6.45) is 9.08. The Morgan fingerprint density at radius 3 is 2.76 bits per heavy atom. The average molecular weight is 231 g/mol. The summed E-state index contributed by atoms with van der Waals surface area (Å²) in [5.41, 5.74) is 6.92. The van der Waals surface area contributed by atoms with Crippen molar-refractivity contribution < 1.29 is 0 Å². The molecule has 0 aliphatic rings. The molecule has 0 aliphatic carbocycles. The van der Waals surface area contributed by atoms with Gasteiger partial charge in [0, 0.05) is 31.1 Å². The highest BCUT2D eigenvalue weighted by atomic mass is 15.1. The number of rotatable bonds is 5. The minimum atomic E-state index is 0.186. The first-order valence-electron chi connectivity index (χ1n) is 5.80. The van der Waals surface area contributed by atoms with Crippen molar-refractivity contribution in [2.24, 2.45) is 5.73 Å². The van der Waals surface area contributed by atoms with E-state index in [1.165, 1.54) is 0 Å². The predicted molar refractivity (Wildman–Crippen MR) is 65.3 cm³/mol. The normalized spacial score (nSPS) is 12.6. The van der Waals surface area contributed by atoms with E-state index in [1.54, 1.807) is 18.7 Å². The molecule has 1 atom stereocenters. The summed E-state index contributed by atoms with van der Waals surface area (Å²) in [6, 6.07) is 2.00. The maximum Gasteiger partial charge on any atom is 0.147 e. The lowest BCUT2D eigenvalue weighted by atomic mass is 10.1. The molecule has 2 aromatic rings. The highest BCUT2D eigenvalue weighted by Gasteiger charge is 2.05. The van der Waals surface area contributed by atoms with E-state index in [2.05, 4.69) is 21.9 Å². The summed E-state index contributed by atoms with van der Waals surface area (Å²) in [5, 5.41) is 0. The SMILES string of the molecule is CCC(N)Cc1cn(Cc2ncccn2)cn1. The van der Waals surface area contributed by atoms with Crippen molar-refractivity contribution in [3.8, 4) is 0 Å². The van der Waals surface area contributed by atoms with E-state index in [4.69, 9.17) is 5.73 Å². The molecule has 5 heteroatoms. The smallest absolute Gasteiger partial charge is 0.147 e. The van der Waals surface area contributed by atoms with Gasteiger partial charge in [-0.1, -0.05) is 6.92 Å². The third-order valence-corrected chi connectivity index (χ3v) is 2.63. The van der Waals surface area contributed by atoms with Gasteiger partial charge < -0.3 is 10.3 Å². The van der Waals surface area contributed by atoms with E-state index in [9.17, 15) is 0 Å². The van der Waals surface area contributed by atoms with Gasteiger partial charge in [0.2, 0.25) is 0 Å². The lowest BCUT2D eigenvalue weighted by Gasteiger charge is -2.04. The largest absolute Gasteiger partial charge is 0.330 e. The Kier molecular flexibility index (Phi) is 3.82. The number of imidazole rings is 1. The second-order valence-corrected chi connectivity index (χ2v) is 4.07.